The summed E-state index contributed by atoms with van der Waals surface area (Å²) in [6, 6.07) is 8.19. The van der Waals surface area contributed by atoms with Crippen molar-refractivity contribution in [1.82, 2.24) is 14.5 Å². The largest absolute Gasteiger partial charge is 0.508 e. The average Bonchev–Trinajstić information content (AvgIpc) is 2.68. The van der Waals surface area contributed by atoms with Gasteiger partial charge in [0.25, 0.3) is 0 Å². The minimum absolute atomic E-state index is 0.00611. The van der Waals surface area contributed by atoms with E-state index in [0.29, 0.717) is 17.0 Å². The summed E-state index contributed by atoms with van der Waals surface area (Å²) in [5, 5.41) is 19.2. The fourth-order valence-corrected chi connectivity index (χ4v) is 1.98. The molecule has 5 nitrogen and oxygen atoms in total. The highest BCUT2D eigenvalue weighted by atomic mass is 16.3. The fraction of sp³-hybridized carbons (Fsp3) is 0.0769. The van der Waals surface area contributed by atoms with Gasteiger partial charge in [0.15, 0.2) is 5.65 Å². The number of hydrogen-bond donors (Lipinski definition) is 2. The van der Waals surface area contributed by atoms with Crippen LogP contribution >= 0.6 is 0 Å². The lowest BCUT2D eigenvalue weighted by Crippen LogP contribution is -1.92. The van der Waals surface area contributed by atoms with Crippen molar-refractivity contribution in [2.75, 3.05) is 0 Å². The molecule has 0 fully saturated rings. The molecule has 0 saturated heterocycles. The van der Waals surface area contributed by atoms with E-state index in [0.717, 1.165) is 5.52 Å². The molecule has 0 radical (unpaired) electrons. The minimum Gasteiger partial charge on any atom is -0.508 e. The normalized spacial score (nSPS) is 10.9. The average molecular weight is 241 g/mol. The van der Waals surface area contributed by atoms with Crippen molar-refractivity contribution in [3.05, 3.63) is 36.5 Å². The number of aryl methyl sites for hydroxylation is 1. The lowest BCUT2D eigenvalue weighted by molar-refractivity contribution is 0.451. The van der Waals surface area contributed by atoms with Crippen LogP contribution in [-0.2, 0) is 7.05 Å². The van der Waals surface area contributed by atoms with Crippen molar-refractivity contribution < 1.29 is 10.2 Å². The zero-order valence-corrected chi connectivity index (χ0v) is 9.70. The summed E-state index contributed by atoms with van der Waals surface area (Å²) >= 11 is 0. The maximum Gasteiger partial charge on any atom is 0.178 e. The van der Waals surface area contributed by atoms with Gasteiger partial charge in [0.2, 0.25) is 0 Å². The van der Waals surface area contributed by atoms with Gasteiger partial charge in [-0.25, -0.2) is 9.97 Å². The Morgan fingerprint density at radius 1 is 1.17 bits per heavy atom. The van der Waals surface area contributed by atoms with Gasteiger partial charge in [-0.3, -0.25) is 0 Å². The van der Waals surface area contributed by atoms with Gasteiger partial charge < -0.3 is 14.8 Å². The van der Waals surface area contributed by atoms with Crippen LogP contribution in [0.15, 0.2) is 36.5 Å². The molecule has 18 heavy (non-hydrogen) atoms. The fourth-order valence-electron chi connectivity index (χ4n) is 1.98. The first kappa shape index (κ1) is 10.6. The van der Waals surface area contributed by atoms with Crippen LogP contribution in [0.3, 0.4) is 0 Å². The van der Waals surface area contributed by atoms with Crippen LogP contribution in [0.2, 0.25) is 0 Å². The van der Waals surface area contributed by atoms with Crippen molar-refractivity contribution in [2.45, 2.75) is 0 Å². The van der Waals surface area contributed by atoms with E-state index in [1.807, 2.05) is 23.7 Å². The number of fused-ring (bicyclic) bond motifs is 1. The molecule has 0 bridgehead atoms. The number of hydrogen-bond acceptors (Lipinski definition) is 4. The highest BCUT2D eigenvalue weighted by molar-refractivity contribution is 5.78. The highest BCUT2D eigenvalue weighted by Crippen LogP contribution is 2.32. The Morgan fingerprint density at radius 2 is 2.00 bits per heavy atom. The Labute approximate surface area is 103 Å². The number of pyridine rings is 1. The maximum absolute atomic E-state index is 9.86. The van der Waals surface area contributed by atoms with Gasteiger partial charge in [0.05, 0.1) is 11.1 Å². The first-order chi connectivity index (χ1) is 8.66. The Morgan fingerprint density at radius 3 is 2.72 bits per heavy atom. The molecule has 0 saturated carbocycles. The smallest absolute Gasteiger partial charge is 0.178 e. The molecular weight excluding hydrogens is 230 g/mol. The molecule has 0 amide bonds. The van der Waals surface area contributed by atoms with Gasteiger partial charge in [-0.1, -0.05) is 0 Å². The summed E-state index contributed by atoms with van der Waals surface area (Å²) in [5.41, 5.74) is 2.08. The number of phenolic OH excluding ortho intramolecular Hbond substituents is 2. The van der Waals surface area contributed by atoms with Crippen LogP contribution in [0.5, 0.6) is 11.5 Å². The van der Waals surface area contributed by atoms with E-state index in [2.05, 4.69) is 9.97 Å². The van der Waals surface area contributed by atoms with Crippen molar-refractivity contribution in [2.24, 2.45) is 7.05 Å². The van der Waals surface area contributed by atoms with E-state index < -0.39 is 0 Å². The highest BCUT2D eigenvalue weighted by Gasteiger charge is 2.13. The summed E-state index contributed by atoms with van der Waals surface area (Å²) in [6.07, 6.45) is 1.68. The number of imidazole rings is 1. The van der Waals surface area contributed by atoms with E-state index >= 15 is 0 Å². The van der Waals surface area contributed by atoms with Gasteiger partial charge in [0.1, 0.15) is 17.3 Å². The molecule has 0 aliphatic carbocycles. The second-order valence-corrected chi connectivity index (χ2v) is 4.04. The first-order valence-electron chi connectivity index (χ1n) is 5.46. The quantitative estimate of drug-likeness (QED) is 0.684. The third-order valence-corrected chi connectivity index (χ3v) is 2.88. The standard InChI is InChI=1S/C13H11N3O2/c1-16-10-3-2-6-14-12(10)15-13(16)9-5-4-8(17)7-11(9)18/h2-7,17-18H,1H3. The molecule has 5 heteroatoms. The number of nitrogens with zero attached hydrogens (tertiary/aromatic N) is 3. The van der Waals surface area contributed by atoms with Crippen LogP contribution in [0.4, 0.5) is 0 Å². The molecule has 90 valence electrons. The van der Waals surface area contributed by atoms with Gasteiger partial charge >= 0.3 is 0 Å². The second-order valence-electron chi connectivity index (χ2n) is 4.04. The topological polar surface area (TPSA) is 71.2 Å². The molecule has 2 heterocycles. The van der Waals surface area contributed by atoms with Gasteiger partial charge in [0, 0.05) is 19.3 Å². The Bertz CT molecular complexity index is 734. The van der Waals surface area contributed by atoms with Crippen molar-refractivity contribution in [3.8, 4) is 22.9 Å². The zero-order valence-electron chi connectivity index (χ0n) is 9.70. The lowest BCUT2D eigenvalue weighted by Gasteiger charge is -2.05. The maximum atomic E-state index is 9.86. The van der Waals surface area contributed by atoms with E-state index in [4.69, 9.17) is 0 Å². The van der Waals surface area contributed by atoms with Gasteiger partial charge in [-0.05, 0) is 24.3 Å². The van der Waals surface area contributed by atoms with Gasteiger partial charge in [-0.15, -0.1) is 0 Å². The summed E-state index contributed by atoms with van der Waals surface area (Å²) in [6.45, 7) is 0. The molecule has 2 N–H and O–H groups in total. The number of benzene rings is 1. The molecule has 0 aliphatic rings. The second kappa shape index (κ2) is 3.73. The van der Waals surface area contributed by atoms with Gasteiger partial charge in [-0.2, -0.15) is 0 Å². The summed E-state index contributed by atoms with van der Waals surface area (Å²) < 4.78 is 1.86. The molecule has 0 aliphatic heterocycles. The Kier molecular flexibility index (Phi) is 2.19. The van der Waals surface area contributed by atoms with E-state index in [1.165, 1.54) is 12.1 Å². The summed E-state index contributed by atoms with van der Waals surface area (Å²) in [4.78, 5) is 8.56. The predicted octanol–water partition coefficient (Wildman–Crippen LogP) is 2.05. The molecule has 1 aromatic carbocycles. The zero-order chi connectivity index (χ0) is 12.7. The minimum atomic E-state index is -0.00611. The number of rotatable bonds is 1. The molecule has 3 aromatic rings. The number of phenols is 2. The van der Waals surface area contributed by atoms with Crippen LogP contribution in [0, 0.1) is 0 Å². The predicted molar refractivity (Wildman–Crippen MR) is 67.3 cm³/mol. The third-order valence-electron chi connectivity index (χ3n) is 2.88. The van der Waals surface area contributed by atoms with Crippen LogP contribution in [0.25, 0.3) is 22.6 Å². The Hall–Kier alpha value is -2.56. The number of aromatic hydroxyl groups is 2. The van der Waals surface area contributed by atoms with E-state index in [9.17, 15) is 10.2 Å². The number of aromatic nitrogens is 3. The SMILES string of the molecule is Cn1c(-c2ccc(O)cc2O)nc2ncccc21. The Balaban J connectivity index is 2.28. The van der Waals surface area contributed by atoms with Crippen molar-refractivity contribution in [1.29, 1.82) is 0 Å². The van der Waals surface area contributed by atoms with Crippen LogP contribution < -0.4 is 0 Å². The summed E-state index contributed by atoms with van der Waals surface area (Å²) in [7, 11) is 1.86. The monoisotopic (exact) mass is 241 g/mol. The third kappa shape index (κ3) is 1.48. The van der Waals surface area contributed by atoms with E-state index in [-0.39, 0.29) is 11.5 Å². The molecule has 2 aromatic heterocycles. The molecular formula is C13H11N3O2. The molecule has 0 spiro atoms. The molecule has 0 unspecified atom stereocenters. The summed E-state index contributed by atoms with van der Waals surface area (Å²) in [5.74, 6) is 0.628. The van der Waals surface area contributed by atoms with Crippen LogP contribution in [0.1, 0.15) is 0 Å². The molecule has 0 atom stereocenters. The van der Waals surface area contributed by atoms with Crippen LogP contribution in [-0.4, -0.2) is 24.7 Å². The molecule has 3 rings (SSSR count). The van der Waals surface area contributed by atoms with Crippen molar-refractivity contribution >= 4 is 11.2 Å². The lowest BCUT2D eigenvalue weighted by atomic mass is 10.2. The first-order valence-corrected chi connectivity index (χ1v) is 5.46. The van der Waals surface area contributed by atoms with Crippen molar-refractivity contribution in [3.63, 3.8) is 0 Å². The van der Waals surface area contributed by atoms with E-state index in [1.54, 1.807) is 12.3 Å².